The number of nitrogens with one attached hydrogen (secondary N) is 1. The van der Waals surface area contributed by atoms with E-state index >= 15 is 0 Å². The fourth-order valence-corrected chi connectivity index (χ4v) is 3.58. The highest BCUT2D eigenvalue weighted by atomic mass is 32.2. The van der Waals surface area contributed by atoms with Crippen LogP contribution in [0.3, 0.4) is 0 Å². The molecule has 0 unspecified atom stereocenters. The number of carbonyl (C=O) groups is 1. The van der Waals surface area contributed by atoms with E-state index in [1.165, 1.54) is 32.8 Å². The molecule has 2 rings (SSSR count). The summed E-state index contributed by atoms with van der Waals surface area (Å²) in [6.07, 6.45) is 7.02. The van der Waals surface area contributed by atoms with Crippen molar-refractivity contribution in [2.24, 2.45) is 0 Å². The van der Waals surface area contributed by atoms with Crippen LogP contribution < -0.4 is 11.1 Å². The molecule has 1 aromatic carbocycles. The zero-order chi connectivity index (χ0) is 15.4. The molecular weight excluding hydrogens is 284 g/mol. The predicted octanol–water partition coefficient (Wildman–Crippen LogP) is 3.45. The minimum atomic E-state index is -0.384. The number of aryl methyl sites for hydroxylation is 1. The first-order chi connectivity index (χ1) is 10.0. The standard InChI is InChI=1S/C16H24N2O2S/c1-10-8-12(9-14(15(10)17)16(19)20-2)18-11-4-6-13(21-3)7-5-11/h8-9,11,13,18H,4-7,17H2,1-3H3. The molecular formula is C16H24N2O2S. The quantitative estimate of drug-likeness (QED) is 0.659. The largest absolute Gasteiger partial charge is 0.465 e. The van der Waals surface area contributed by atoms with Crippen molar-refractivity contribution in [1.82, 2.24) is 0 Å². The molecule has 1 aliphatic carbocycles. The van der Waals surface area contributed by atoms with Crippen molar-refractivity contribution < 1.29 is 9.53 Å². The average Bonchev–Trinajstić information content (AvgIpc) is 2.50. The zero-order valence-corrected chi connectivity index (χ0v) is 13.8. The summed E-state index contributed by atoms with van der Waals surface area (Å²) in [6, 6.07) is 4.28. The van der Waals surface area contributed by atoms with Crippen molar-refractivity contribution in [3.63, 3.8) is 0 Å². The molecule has 4 nitrogen and oxygen atoms in total. The van der Waals surface area contributed by atoms with Crippen molar-refractivity contribution in [3.8, 4) is 0 Å². The number of hydrogen-bond acceptors (Lipinski definition) is 5. The summed E-state index contributed by atoms with van der Waals surface area (Å²) in [7, 11) is 1.38. The van der Waals surface area contributed by atoms with Gasteiger partial charge in [-0.25, -0.2) is 4.79 Å². The number of hydrogen-bond donors (Lipinski definition) is 2. The van der Waals surface area contributed by atoms with Crippen molar-refractivity contribution in [2.45, 2.75) is 43.9 Å². The molecule has 1 fully saturated rings. The van der Waals surface area contributed by atoms with E-state index in [0.717, 1.165) is 16.5 Å². The third-order valence-corrected chi connectivity index (χ3v) is 5.31. The molecule has 3 N–H and O–H groups in total. The Morgan fingerprint density at radius 1 is 1.33 bits per heavy atom. The summed E-state index contributed by atoms with van der Waals surface area (Å²) in [5, 5.41) is 4.33. The number of thioether (sulfide) groups is 1. The SMILES string of the molecule is COC(=O)c1cc(NC2CCC(SC)CC2)cc(C)c1N. The lowest BCUT2D eigenvalue weighted by molar-refractivity contribution is 0.0602. The molecule has 1 aliphatic rings. The molecule has 0 spiro atoms. The van der Waals surface area contributed by atoms with Gasteiger partial charge in [0, 0.05) is 22.7 Å². The zero-order valence-electron chi connectivity index (χ0n) is 12.9. The third-order valence-electron chi connectivity index (χ3n) is 4.17. The van der Waals surface area contributed by atoms with E-state index in [1.807, 2.05) is 24.8 Å². The summed E-state index contributed by atoms with van der Waals surface area (Å²) in [6.45, 7) is 1.91. The molecule has 1 aromatic rings. The van der Waals surface area contributed by atoms with Crippen LogP contribution in [-0.2, 0) is 4.74 Å². The van der Waals surface area contributed by atoms with Crippen molar-refractivity contribution in [2.75, 3.05) is 24.4 Å². The van der Waals surface area contributed by atoms with Gasteiger partial charge in [0.25, 0.3) is 0 Å². The van der Waals surface area contributed by atoms with Gasteiger partial charge in [0.15, 0.2) is 0 Å². The summed E-state index contributed by atoms with van der Waals surface area (Å²) < 4.78 is 4.80. The Morgan fingerprint density at radius 3 is 2.57 bits per heavy atom. The van der Waals surface area contributed by atoms with E-state index < -0.39 is 0 Å². The Bertz CT molecular complexity index is 511. The average molecular weight is 308 g/mol. The normalized spacial score (nSPS) is 21.9. The van der Waals surface area contributed by atoms with E-state index in [4.69, 9.17) is 10.5 Å². The van der Waals surface area contributed by atoms with Gasteiger partial charge in [0.05, 0.1) is 12.7 Å². The number of anilines is 2. The van der Waals surface area contributed by atoms with Crippen molar-refractivity contribution in [1.29, 1.82) is 0 Å². The first kappa shape index (κ1) is 16.0. The second kappa shape index (κ2) is 7.07. The topological polar surface area (TPSA) is 64.3 Å². The highest BCUT2D eigenvalue weighted by Gasteiger charge is 2.21. The molecule has 0 radical (unpaired) electrons. The van der Waals surface area contributed by atoms with Crippen LogP contribution in [-0.4, -0.2) is 30.6 Å². The maximum Gasteiger partial charge on any atom is 0.340 e. The van der Waals surface area contributed by atoms with Crippen LogP contribution in [0.15, 0.2) is 12.1 Å². The van der Waals surface area contributed by atoms with Crippen LogP contribution in [0.4, 0.5) is 11.4 Å². The Hall–Kier alpha value is -1.36. The van der Waals surface area contributed by atoms with E-state index in [0.29, 0.717) is 17.3 Å². The fraction of sp³-hybridized carbons (Fsp3) is 0.562. The van der Waals surface area contributed by atoms with Gasteiger partial charge in [-0.3, -0.25) is 0 Å². The fourth-order valence-electron chi connectivity index (χ4n) is 2.84. The van der Waals surface area contributed by atoms with E-state index in [2.05, 4.69) is 11.6 Å². The monoisotopic (exact) mass is 308 g/mol. The van der Waals surface area contributed by atoms with Gasteiger partial charge in [-0.15, -0.1) is 0 Å². The molecule has 0 aliphatic heterocycles. The van der Waals surface area contributed by atoms with Crippen LogP contribution in [0.5, 0.6) is 0 Å². The molecule has 0 aromatic heterocycles. The Labute approximate surface area is 130 Å². The van der Waals surface area contributed by atoms with Gasteiger partial charge in [-0.05, 0) is 56.6 Å². The first-order valence-electron chi connectivity index (χ1n) is 7.33. The van der Waals surface area contributed by atoms with Gasteiger partial charge in [0.2, 0.25) is 0 Å². The molecule has 0 bridgehead atoms. The predicted molar refractivity (Wildman–Crippen MR) is 90.1 cm³/mol. The lowest BCUT2D eigenvalue weighted by Crippen LogP contribution is -2.27. The maximum atomic E-state index is 11.8. The molecule has 5 heteroatoms. The molecule has 0 heterocycles. The van der Waals surface area contributed by atoms with E-state index in [-0.39, 0.29) is 5.97 Å². The molecule has 21 heavy (non-hydrogen) atoms. The first-order valence-corrected chi connectivity index (χ1v) is 8.61. The molecule has 1 saturated carbocycles. The van der Waals surface area contributed by atoms with Crippen molar-refractivity contribution >= 4 is 29.1 Å². The third kappa shape index (κ3) is 3.84. The van der Waals surface area contributed by atoms with Crippen LogP contribution in [0, 0.1) is 6.92 Å². The summed E-state index contributed by atoms with van der Waals surface area (Å²) >= 11 is 1.96. The van der Waals surface area contributed by atoms with Crippen molar-refractivity contribution in [3.05, 3.63) is 23.3 Å². The minimum Gasteiger partial charge on any atom is -0.465 e. The highest BCUT2D eigenvalue weighted by molar-refractivity contribution is 7.99. The number of nitrogens with two attached hydrogens (primary N) is 1. The highest BCUT2D eigenvalue weighted by Crippen LogP contribution is 2.30. The summed E-state index contributed by atoms with van der Waals surface area (Å²) in [5.74, 6) is -0.384. The number of rotatable bonds is 4. The number of benzene rings is 1. The maximum absolute atomic E-state index is 11.8. The van der Waals surface area contributed by atoms with Gasteiger partial charge in [-0.1, -0.05) is 0 Å². The van der Waals surface area contributed by atoms with Crippen LogP contribution >= 0.6 is 11.8 Å². The molecule has 0 saturated heterocycles. The summed E-state index contributed by atoms with van der Waals surface area (Å²) in [5.41, 5.74) is 8.76. The van der Waals surface area contributed by atoms with Gasteiger partial charge in [0.1, 0.15) is 0 Å². The second-order valence-corrected chi connectivity index (χ2v) is 6.74. The van der Waals surface area contributed by atoms with E-state index in [9.17, 15) is 4.79 Å². The molecule has 0 amide bonds. The van der Waals surface area contributed by atoms with Gasteiger partial charge >= 0.3 is 5.97 Å². The second-order valence-electron chi connectivity index (χ2n) is 5.60. The minimum absolute atomic E-state index is 0.384. The smallest absolute Gasteiger partial charge is 0.340 e. The number of carbonyl (C=O) groups excluding carboxylic acids is 1. The Balaban J connectivity index is 2.10. The Kier molecular flexibility index (Phi) is 5.39. The number of methoxy groups -OCH3 is 1. The Morgan fingerprint density at radius 2 is 2.00 bits per heavy atom. The lowest BCUT2D eigenvalue weighted by atomic mass is 9.94. The number of nitrogen functional groups attached to an aromatic ring is 1. The number of esters is 1. The summed E-state index contributed by atoms with van der Waals surface area (Å²) in [4.78, 5) is 11.8. The van der Waals surface area contributed by atoms with Gasteiger partial charge in [-0.2, -0.15) is 11.8 Å². The molecule has 0 atom stereocenters. The lowest BCUT2D eigenvalue weighted by Gasteiger charge is -2.29. The number of ether oxygens (including phenoxy) is 1. The van der Waals surface area contributed by atoms with E-state index in [1.54, 1.807) is 6.07 Å². The molecule has 116 valence electrons. The van der Waals surface area contributed by atoms with Gasteiger partial charge < -0.3 is 15.8 Å². The van der Waals surface area contributed by atoms with Crippen LogP contribution in [0.1, 0.15) is 41.6 Å². The van der Waals surface area contributed by atoms with Crippen LogP contribution in [0.2, 0.25) is 0 Å². The van der Waals surface area contributed by atoms with Crippen LogP contribution in [0.25, 0.3) is 0 Å².